The highest BCUT2D eigenvalue weighted by molar-refractivity contribution is 5.95. The number of aromatic nitrogens is 4. The van der Waals surface area contributed by atoms with Gasteiger partial charge in [-0.15, -0.1) is 0 Å². The zero-order valence-corrected chi connectivity index (χ0v) is 11.3. The monoisotopic (exact) mass is 309 g/mol. The van der Waals surface area contributed by atoms with Crippen LogP contribution in [-0.2, 0) is 6.54 Å². The summed E-state index contributed by atoms with van der Waals surface area (Å²) in [5.41, 5.74) is -0.120. The molecule has 116 valence electrons. The van der Waals surface area contributed by atoms with Crippen LogP contribution >= 0.6 is 0 Å². The van der Waals surface area contributed by atoms with Gasteiger partial charge in [0.05, 0.1) is 28.3 Å². The Morgan fingerprint density at radius 3 is 2.73 bits per heavy atom. The summed E-state index contributed by atoms with van der Waals surface area (Å²) in [6.45, 7) is 1.92. The third-order valence-electron chi connectivity index (χ3n) is 2.81. The fourth-order valence-corrected chi connectivity index (χ4v) is 1.76. The van der Waals surface area contributed by atoms with Gasteiger partial charge in [0.1, 0.15) is 6.20 Å². The van der Waals surface area contributed by atoms with Gasteiger partial charge in [-0.2, -0.15) is 9.78 Å². The van der Waals surface area contributed by atoms with E-state index in [9.17, 15) is 25.0 Å². The number of nitrogens with zero attached hydrogens (tertiary/aromatic N) is 5. The Labute approximate surface area is 122 Å². The molecule has 0 spiro atoms. The van der Waals surface area contributed by atoms with Gasteiger partial charge in [0.25, 0.3) is 5.91 Å². The fourth-order valence-electron chi connectivity index (χ4n) is 1.76. The van der Waals surface area contributed by atoms with Crippen molar-refractivity contribution in [3.63, 3.8) is 0 Å². The first-order valence-corrected chi connectivity index (χ1v) is 6.05. The van der Waals surface area contributed by atoms with Crippen LogP contribution in [0, 0.1) is 27.2 Å². The maximum Gasteiger partial charge on any atom is 0.390 e. The first-order chi connectivity index (χ1) is 10.4. The molecule has 0 aliphatic heterocycles. The lowest BCUT2D eigenvalue weighted by Crippen LogP contribution is -2.28. The van der Waals surface area contributed by atoms with Crippen LogP contribution in [0.5, 0.6) is 0 Å². The minimum atomic E-state index is -0.723. The molecule has 0 saturated heterocycles. The Morgan fingerprint density at radius 1 is 1.41 bits per heavy atom. The smallest absolute Gasteiger partial charge is 0.358 e. The molecule has 2 heterocycles. The van der Waals surface area contributed by atoms with Crippen molar-refractivity contribution in [3.8, 4) is 0 Å². The summed E-state index contributed by atoms with van der Waals surface area (Å²) in [6, 6.07) is 1.31. The fraction of sp³-hybridized carbons (Fsp3) is 0.300. The molecule has 0 aliphatic carbocycles. The van der Waals surface area contributed by atoms with Gasteiger partial charge in [-0.1, -0.05) is 0 Å². The quantitative estimate of drug-likeness (QED) is 0.567. The highest BCUT2D eigenvalue weighted by Gasteiger charge is 2.22. The van der Waals surface area contributed by atoms with E-state index >= 15 is 0 Å². The molecule has 2 aromatic rings. The van der Waals surface area contributed by atoms with Crippen molar-refractivity contribution in [2.24, 2.45) is 0 Å². The number of hydrogen-bond acceptors (Lipinski definition) is 7. The Kier molecular flexibility index (Phi) is 4.11. The second-order valence-electron chi connectivity index (χ2n) is 4.27. The van der Waals surface area contributed by atoms with Crippen molar-refractivity contribution < 1.29 is 14.6 Å². The van der Waals surface area contributed by atoms with Crippen LogP contribution in [0.2, 0.25) is 0 Å². The summed E-state index contributed by atoms with van der Waals surface area (Å²) in [5.74, 6) is -0.975. The van der Waals surface area contributed by atoms with Crippen LogP contribution in [0.15, 0.2) is 12.3 Å². The van der Waals surface area contributed by atoms with E-state index < -0.39 is 21.4 Å². The third-order valence-corrected chi connectivity index (χ3v) is 2.81. The number of aromatic amines is 1. The van der Waals surface area contributed by atoms with E-state index in [-0.39, 0.29) is 24.6 Å². The van der Waals surface area contributed by atoms with E-state index in [2.05, 4.69) is 20.6 Å². The molecule has 2 N–H and O–H groups in total. The van der Waals surface area contributed by atoms with Crippen molar-refractivity contribution >= 4 is 17.4 Å². The zero-order valence-electron chi connectivity index (χ0n) is 11.3. The summed E-state index contributed by atoms with van der Waals surface area (Å²) in [6.07, 6.45) is 0.940. The molecular formula is C10H11N7O5. The minimum Gasteiger partial charge on any atom is -0.358 e. The molecule has 12 nitrogen and oxygen atoms in total. The van der Waals surface area contributed by atoms with Crippen molar-refractivity contribution in [2.75, 3.05) is 6.54 Å². The molecule has 0 aromatic carbocycles. The maximum absolute atomic E-state index is 11.8. The summed E-state index contributed by atoms with van der Waals surface area (Å²) >= 11 is 0. The zero-order chi connectivity index (χ0) is 16.3. The number of carbonyl (C=O) groups excluding carboxylic acids is 1. The standard InChI is InChI=1S/C10H11N7O5/c1-6-4-8(17(21)22)14-15(6)3-2-11-10(18)9-7(16(19)20)5-12-13-9/h4-5H,2-3H2,1H3,(H,11,18)(H,12,13). The lowest BCUT2D eigenvalue weighted by atomic mass is 10.3. The predicted molar refractivity (Wildman–Crippen MR) is 71.2 cm³/mol. The van der Waals surface area contributed by atoms with E-state index in [1.807, 2.05) is 0 Å². The average molecular weight is 309 g/mol. The number of hydrogen-bond donors (Lipinski definition) is 2. The van der Waals surface area contributed by atoms with Gasteiger partial charge in [0, 0.05) is 6.54 Å². The molecule has 0 aliphatic rings. The highest BCUT2D eigenvalue weighted by Crippen LogP contribution is 2.14. The van der Waals surface area contributed by atoms with Gasteiger partial charge >= 0.3 is 11.5 Å². The second kappa shape index (κ2) is 5.99. The first-order valence-electron chi connectivity index (χ1n) is 6.05. The third kappa shape index (κ3) is 3.05. The van der Waals surface area contributed by atoms with E-state index in [0.717, 1.165) is 6.20 Å². The number of amides is 1. The number of nitro groups is 2. The van der Waals surface area contributed by atoms with Crippen LogP contribution in [0.1, 0.15) is 16.2 Å². The van der Waals surface area contributed by atoms with Crippen molar-refractivity contribution in [3.05, 3.63) is 43.9 Å². The number of aryl methyl sites for hydroxylation is 1. The summed E-state index contributed by atoms with van der Waals surface area (Å²) in [4.78, 5) is 31.7. The number of H-pyrrole nitrogens is 1. The Balaban J connectivity index is 1.96. The number of carbonyl (C=O) groups is 1. The van der Waals surface area contributed by atoms with E-state index in [4.69, 9.17) is 0 Å². The van der Waals surface area contributed by atoms with Crippen LogP contribution in [0.3, 0.4) is 0 Å². The molecular weight excluding hydrogens is 298 g/mol. The van der Waals surface area contributed by atoms with Crippen molar-refractivity contribution in [2.45, 2.75) is 13.5 Å². The van der Waals surface area contributed by atoms with Crippen LogP contribution in [-0.4, -0.2) is 42.3 Å². The SMILES string of the molecule is Cc1cc([N+](=O)[O-])nn1CCNC(=O)c1[nH]ncc1[N+](=O)[O-]. The molecule has 0 saturated carbocycles. The number of nitrogens with one attached hydrogen (secondary N) is 2. The van der Waals surface area contributed by atoms with Gasteiger partial charge in [0.15, 0.2) is 0 Å². The molecule has 0 atom stereocenters. The van der Waals surface area contributed by atoms with Crippen molar-refractivity contribution in [1.82, 2.24) is 25.3 Å². The van der Waals surface area contributed by atoms with Gasteiger partial charge in [-0.05, 0) is 11.8 Å². The normalized spacial score (nSPS) is 10.4. The van der Waals surface area contributed by atoms with Gasteiger partial charge in [-0.3, -0.25) is 20.0 Å². The lowest BCUT2D eigenvalue weighted by Gasteiger charge is -2.02. The summed E-state index contributed by atoms with van der Waals surface area (Å²) < 4.78 is 1.36. The highest BCUT2D eigenvalue weighted by atomic mass is 16.6. The van der Waals surface area contributed by atoms with E-state index in [1.165, 1.54) is 10.7 Å². The van der Waals surface area contributed by atoms with Gasteiger partial charge < -0.3 is 15.4 Å². The van der Waals surface area contributed by atoms with Crippen LogP contribution < -0.4 is 5.32 Å². The molecule has 0 unspecified atom stereocenters. The largest absolute Gasteiger partial charge is 0.390 e. The maximum atomic E-state index is 11.8. The Hall–Kier alpha value is -3.31. The molecule has 0 radical (unpaired) electrons. The molecule has 1 amide bonds. The van der Waals surface area contributed by atoms with Crippen LogP contribution in [0.4, 0.5) is 11.5 Å². The Morgan fingerprint density at radius 2 is 2.14 bits per heavy atom. The average Bonchev–Trinajstić information content (AvgIpc) is 3.06. The predicted octanol–water partition coefficient (Wildman–Crippen LogP) is 0.161. The second-order valence-corrected chi connectivity index (χ2v) is 4.27. The summed E-state index contributed by atoms with van der Waals surface area (Å²) in [7, 11) is 0. The van der Waals surface area contributed by atoms with Gasteiger partial charge in [-0.25, -0.2) is 0 Å². The van der Waals surface area contributed by atoms with E-state index in [1.54, 1.807) is 6.92 Å². The van der Waals surface area contributed by atoms with Gasteiger partial charge in [0.2, 0.25) is 5.69 Å². The minimum absolute atomic E-state index is 0.0919. The van der Waals surface area contributed by atoms with Crippen LogP contribution in [0.25, 0.3) is 0 Å². The summed E-state index contributed by atoms with van der Waals surface area (Å²) in [5, 5.41) is 33.2. The molecule has 0 fully saturated rings. The molecule has 2 rings (SSSR count). The molecule has 22 heavy (non-hydrogen) atoms. The first kappa shape index (κ1) is 15.1. The van der Waals surface area contributed by atoms with Crippen molar-refractivity contribution in [1.29, 1.82) is 0 Å². The topological polar surface area (TPSA) is 162 Å². The molecule has 0 bridgehead atoms. The Bertz CT molecular complexity index is 734. The molecule has 2 aromatic heterocycles. The van der Waals surface area contributed by atoms with E-state index in [0.29, 0.717) is 5.69 Å². The number of rotatable bonds is 6. The molecule has 12 heteroatoms. The lowest BCUT2D eigenvalue weighted by molar-refractivity contribution is -0.389.